The molecule has 1 aliphatic heterocycles. The van der Waals surface area contributed by atoms with Gasteiger partial charge in [-0.3, -0.25) is 9.79 Å². The summed E-state index contributed by atoms with van der Waals surface area (Å²) in [5.41, 5.74) is 5.73. The van der Waals surface area contributed by atoms with Gasteiger partial charge in [-0.05, 0) is 57.4 Å². The molecule has 3 rings (SSSR count). The number of carbonyl (C=O) groups excluding carboxylic acids is 1. The molecule has 1 heterocycles. The van der Waals surface area contributed by atoms with Crippen LogP contribution in [-0.4, -0.2) is 55.7 Å². The van der Waals surface area contributed by atoms with E-state index in [-0.39, 0.29) is 18.1 Å². The van der Waals surface area contributed by atoms with E-state index in [9.17, 15) is 4.79 Å². The zero-order chi connectivity index (χ0) is 23.1. The monoisotopic (exact) mass is 436 g/mol. The first-order valence-corrected chi connectivity index (χ1v) is 11.4. The Morgan fingerprint density at radius 3 is 2.22 bits per heavy atom. The van der Waals surface area contributed by atoms with E-state index in [1.807, 2.05) is 43.0 Å². The van der Waals surface area contributed by atoms with E-state index in [4.69, 9.17) is 4.74 Å². The highest BCUT2D eigenvalue weighted by molar-refractivity contribution is 5.94. The van der Waals surface area contributed by atoms with E-state index in [2.05, 4.69) is 47.7 Å². The van der Waals surface area contributed by atoms with Crippen molar-refractivity contribution in [3.63, 3.8) is 0 Å². The van der Waals surface area contributed by atoms with Crippen molar-refractivity contribution in [2.45, 2.75) is 52.9 Å². The summed E-state index contributed by atoms with van der Waals surface area (Å²) in [5.74, 6) is 0.834. The first-order chi connectivity index (χ1) is 15.3. The minimum atomic E-state index is 0.0652. The van der Waals surface area contributed by atoms with Crippen molar-refractivity contribution in [3.05, 3.63) is 70.3 Å². The summed E-state index contributed by atoms with van der Waals surface area (Å²) in [7, 11) is 1.78. The van der Waals surface area contributed by atoms with Gasteiger partial charge in [0.15, 0.2) is 5.96 Å². The van der Waals surface area contributed by atoms with Crippen LogP contribution < -0.4 is 10.6 Å². The highest BCUT2D eigenvalue weighted by Gasteiger charge is 2.26. The molecule has 6 nitrogen and oxygen atoms in total. The summed E-state index contributed by atoms with van der Waals surface area (Å²) >= 11 is 0. The van der Waals surface area contributed by atoms with Gasteiger partial charge in [0.25, 0.3) is 5.91 Å². The van der Waals surface area contributed by atoms with Crippen LogP contribution in [0.1, 0.15) is 46.5 Å². The van der Waals surface area contributed by atoms with Gasteiger partial charge in [-0.1, -0.05) is 41.5 Å². The lowest BCUT2D eigenvalue weighted by molar-refractivity contribution is -0.0586. The van der Waals surface area contributed by atoms with Gasteiger partial charge in [0, 0.05) is 38.8 Å². The third-order valence-corrected chi connectivity index (χ3v) is 5.58. The number of hydrogen-bond donors (Lipinski definition) is 2. The molecule has 0 saturated carbocycles. The molecular formula is C26H36N4O2. The van der Waals surface area contributed by atoms with Crippen molar-refractivity contribution >= 4 is 11.9 Å². The van der Waals surface area contributed by atoms with E-state index >= 15 is 0 Å². The van der Waals surface area contributed by atoms with Crippen LogP contribution in [0, 0.1) is 13.8 Å². The third-order valence-electron chi connectivity index (χ3n) is 5.58. The lowest BCUT2D eigenvalue weighted by Crippen LogP contribution is -2.48. The van der Waals surface area contributed by atoms with E-state index in [1.54, 1.807) is 7.05 Å². The quantitative estimate of drug-likeness (QED) is 0.538. The summed E-state index contributed by atoms with van der Waals surface area (Å²) in [6.45, 7) is 11.0. The van der Waals surface area contributed by atoms with Gasteiger partial charge in [0.05, 0.1) is 12.2 Å². The molecule has 1 saturated heterocycles. The number of hydrogen-bond acceptors (Lipinski definition) is 3. The standard InChI is InChI=1S/C26H36N4O2/c1-18-12-19(2)14-23(13-18)10-11-28-26(27-5)29-15-22-6-8-24(9-7-22)25(31)30-16-20(3)32-21(4)17-30/h6-9,12-14,20-21H,10-11,15-17H2,1-5H3,(H2,27,28,29). The third kappa shape index (κ3) is 6.82. The molecular weight excluding hydrogens is 400 g/mol. The van der Waals surface area contributed by atoms with Gasteiger partial charge in [-0.2, -0.15) is 0 Å². The zero-order valence-corrected chi connectivity index (χ0v) is 19.9. The molecule has 2 unspecified atom stereocenters. The van der Waals surface area contributed by atoms with Gasteiger partial charge in [0.2, 0.25) is 0 Å². The maximum Gasteiger partial charge on any atom is 0.254 e. The predicted octanol–water partition coefficient (Wildman–Crippen LogP) is 3.46. The second-order valence-electron chi connectivity index (χ2n) is 8.76. The molecule has 32 heavy (non-hydrogen) atoms. The predicted molar refractivity (Wildman–Crippen MR) is 130 cm³/mol. The minimum Gasteiger partial charge on any atom is -0.372 e. The van der Waals surface area contributed by atoms with Crippen molar-refractivity contribution in [1.82, 2.24) is 15.5 Å². The highest BCUT2D eigenvalue weighted by atomic mass is 16.5. The Hall–Kier alpha value is -2.86. The maximum atomic E-state index is 12.8. The fourth-order valence-electron chi connectivity index (χ4n) is 4.24. The van der Waals surface area contributed by atoms with Crippen LogP contribution in [0.4, 0.5) is 0 Å². The maximum absolute atomic E-state index is 12.8. The van der Waals surface area contributed by atoms with Crippen LogP contribution in [0.25, 0.3) is 0 Å². The second kappa shape index (κ2) is 11.1. The van der Waals surface area contributed by atoms with Crippen LogP contribution in [0.15, 0.2) is 47.5 Å². The van der Waals surface area contributed by atoms with Crippen molar-refractivity contribution in [1.29, 1.82) is 0 Å². The Kier molecular flexibility index (Phi) is 8.28. The van der Waals surface area contributed by atoms with E-state index in [0.717, 1.165) is 24.5 Å². The minimum absolute atomic E-state index is 0.0652. The van der Waals surface area contributed by atoms with E-state index in [0.29, 0.717) is 25.2 Å². The Labute approximate surface area is 192 Å². The van der Waals surface area contributed by atoms with Crippen LogP contribution in [0.5, 0.6) is 0 Å². The molecule has 0 bridgehead atoms. The molecule has 6 heteroatoms. The molecule has 2 aromatic carbocycles. The molecule has 0 aliphatic carbocycles. The van der Waals surface area contributed by atoms with Gasteiger partial charge >= 0.3 is 0 Å². The molecule has 0 radical (unpaired) electrons. The Morgan fingerprint density at radius 1 is 1.00 bits per heavy atom. The fourth-order valence-corrected chi connectivity index (χ4v) is 4.24. The summed E-state index contributed by atoms with van der Waals surface area (Å²) in [4.78, 5) is 19.0. The number of morpholine rings is 1. The molecule has 0 spiro atoms. The van der Waals surface area contributed by atoms with Crippen molar-refractivity contribution in [2.75, 3.05) is 26.7 Å². The van der Waals surface area contributed by atoms with Gasteiger partial charge in [0.1, 0.15) is 0 Å². The van der Waals surface area contributed by atoms with Gasteiger partial charge < -0.3 is 20.3 Å². The van der Waals surface area contributed by atoms with Crippen molar-refractivity contribution in [2.24, 2.45) is 4.99 Å². The first kappa shape index (κ1) is 23.8. The summed E-state index contributed by atoms with van der Waals surface area (Å²) in [5, 5.41) is 6.72. The lowest BCUT2D eigenvalue weighted by Gasteiger charge is -2.35. The van der Waals surface area contributed by atoms with Crippen molar-refractivity contribution in [3.8, 4) is 0 Å². The van der Waals surface area contributed by atoms with E-state index in [1.165, 1.54) is 16.7 Å². The molecule has 172 valence electrons. The molecule has 2 N–H and O–H groups in total. The number of nitrogens with zero attached hydrogens (tertiary/aromatic N) is 2. The molecule has 0 aromatic heterocycles. The molecule has 1 fully saturated rings. The summed E-state index contributed by atoms with van der Waals surface area (Å²) < 4.78 is 5.73. The highest BCUT2D eigenvalue weighted by Crippen LogP contribution is 2.15. The van der Waals surface area contributed by atoms with Gasteiger partial charge in [-0.25, -0.2) is 0 Å². The Morgan fingerprint density at radius 2 is 1.62 bits per heavy atom. The fraction of sp³-hybridized carbons (Fsp3) is 0.462. The smallest absolute Gasteiger partial charge is 0.254 e. The van der Waals surface area contributed by atoms with E-state index < -0.39 is 0 Å². The number of amides is 1. The zero-order valence-electron chi connectivity index (χ0n) is 19.9. The Balaban J connectivity index is 1.47. The number of nitrogens with one attached hydrogen (secondary N) is 2. The second-order valence-corrected chi connectivity index (χ2v) is 8.76. The average molecular weight is 437 g/mol. The normalized spacial score (nSPS) is 19.0. The SMILES string of the molecule is CN=C(NCCc1cc(C)cc(C)c1)NCc1ccc(C(=O)N2CC(C)OC(C)C2)cc1. The number of ether oxygens (including phenoxy) is 1. The van der Waals surface area contributed by atoms with Crippen LogP contribution in [0.3, 0.4) is 0 Å². The molecule has 2 atom stereocenters. The molecule has 1 amide bonds. The topological polar surface area (TPSA) is 66.0 Å². The molecule has 1 aliphatic rings. The number of rotatable bonds is 6. The molecule has 2 aromatic rings. The lowest BCUT2D eigenvalue weighted by atomic mass is 10.1. The largest absolute Gasteiger partial charge is 0.372 e. The average Bonchev–Trinajstić information content (AvgIpc) is 2.74. The number of benzene rings is 2. The van der Waals surface area contributed by atoms with Crippen LogP contribution >= 0.6 is 0 Å². The Bertz CT molecular complexity index is 909. The number of guanidine groups is 1. The number of carbonyl (C=O) groups is 1. The van der Waals surface area contributed by atoms with Gasteiger partial charge in [-0.15, -0.1) is 0 Å². The number of aryl methyl sites for hydroxylation is 2. The van der Waals surface area contributed by atoms with Crippen LogP contribution in [-0.2, 0) is 17.7 Å². The van der Waals surface area contributed by atoms with Crippen molar-refractivity contribution < 1.29 is 9.53 Å². The summed E-state index contributed by atoms with van der Waals surface area (Å²) in [6, 6.07) is 14.4. The first-order valence-electron chi connectivity index (χ1n) is 11.4. The van der Waals surface area contributed by atoms with Crippen LogP contribution in [0.2, 0.25) is 0 Å². The summed E-state index contributed by atoms with van der Waals surface area (Å²) in [6.07, 6.45) is 1.08. The number of aliphatic imine (C=N–C) groups is 1.